The molecule has 0 saturated carbocycles. The molecule has 232 valence electrons. The number of fused-ring (bicyclic) bond motifs is 2. The molecule has 43 heavy (non-hydrogen) atoms. The summed E-state index contributed by atoms with van der Waals surface area (Å²) in [5.74, 6) is -1.42. The van der Waals surface area contributed by atoms with Gasteiger partial charge in [-0.15, -0.1) is 0 Å². The van der Waals surface area contributed by atoms with Gasteiger partial charge in [0.1, 0.15) is 11.6 Å². The van der Waals surface area contributed by atoms with E-state index in [0.717, 1.165) is 66.7 Å². The van der Waals surface area contributed by atoms with E-state index in [1.807, 2.05) is 39.8 Å². The van der Waals surface area contributed by atoms with Crippen LogP contribution in [0.1, 0.15) is 92.3 Å². The van der Waals surface area contributed by atoms with E-state index >= 15 is 4.39 Å². The lowest BCUT2D eigenvalue weighted by atomic mass is 9.73. The van der Waals surface area contributed by atoms with Gasteiger partial charge in [0.25, 0.3) is 0 Å². The SMILES string of the molecule is Cc1ccc(CCCN2CCc3nc(C)c([C@H](OC(C)(C)C)C(=O)O)c(C4=CC(F)=C5OCCC[C@@H]5C4C)c3C2)cc1F. The third kappa shape index (κ3) is 6.70. The van der Waals surface area contributed by atoms with Crippen LogP contribution >= 0.6 is 0 Å². The van der Waals surface area contributed by atoms with Crippen LogP contribution in [0.5, 0.6) is 0 Å². The minimum absolute atomic E-state index is 0.0738. The number of hydrogen-bond donors (Lipinski definition) is 1. The number of nitrogens with zero attached hydrogens (tertiary/aromatic N) is 2. The quantitative estimate of drug-likeness (QED) is 0.343. The van der Waals surface area contributed by atoms with Crippen molar-refractivity contribution < 1.29 is 28.2 Å². The fourth-order valence-corrected chi connectivity index (χ4v) is 6.79. The van der Waals surface area contributed by atoms with Crippen molar-refractivity contribution in [3.63, 3.8) is 0 Å². The molecule has 6 nitrogen and oxygen atoms in total. The third-order valence-corrected chi connectivity index (χ3v) is 8.95. The highest BCUT2D eigenvalue weighted by atomic mass is 19.1. The number of allylic oxidation sites excluding steroid dienone is 4. The maximum atomic E-state index is 15.7. The van der Waals surface area contributed by atoms with Gasteiger partial charge in [0.05, 0.1) is 12.2 Å². The van der Waals surface area contributed by atoms with Gasteiger partial charge in [0.15, 0.2) is 11.9 Å². The molecule has 0 amide bonds. The van der Waals surface area contributed by atoms with Gasteiger partial charge >= 0.3 is 5.97 Å². The molecule has 1 N–H and O–H groups in total. The molecule has 3 atom stereocenters. The summed E-state index contributed by atoms with van der Waals surface area (Å²) in [4.78, 5) is 20.1. The lowest BCUT2D eigenvalue weighted by Crippen LogP contribution is -2.36. The largest absolute Gasteiger partial charge is 0.495 e. The van der Waals surface area contributed by atoms with Crippen LogP contribution in [-0.4, -0.2) is 46.3 Å². The van der Waals surface area contributed by atoms with Crippen LogP contribution in [0.2, 0.25) is 0 Å². The zero-order valence-electron chi connectivity index (χ0n) is 26.2. The highest BCUT2D eigenvalue weighted by Crippen LogP contribution is 2.48. The zero-order chi connectivity index (χ0) is 31.1. The summed E-state index contributed by atoms with van der Waals surface area (Å²) in [7, 11) is 0. The van der Waals surface area contributed by atoms with Crippen molar-refractivity contribution in [1.82, 2.24) is 9.88 Å². The number of hydrogen-bond acceptors (Lipinski definition) is 5. The van der Waals surface area contributed by atoms with Crippen LogP contribution in [0, 0.1) is 31.5 Å². The number of benzene rings is 1. The van der Waals surface area contributed by atoms with E-state index in [1.54, 1.807) is 19.1 Å². The van der Waals surface area contributed by atoms with E-state index in [1.165, 1.54) is 0 Å². The molecule has 5 rings (SSSR count). The van der Waals surface area contributed by atoms with Crippen LogP contribution in [0.15, 0.2) is 35.9 Å². The first-order valence-corrected chi connectivity index (χ1v) is 15.5. The topological polar surface area (TPSA) is 71.9 Å². The predicted molar refractivity (Wildman–Crippen MR) is 163 cm³/mol. The van der Waals surface area contributed by atoms with E-state index in [9.17, 15) is 14.3 Å². The number of pyridine rings is 1. The standard InChI is InChI=1S/C35H44F2N2O4/c1-20-11-12-23(17-27(20)36)9-7-14-39-15-13-29-26(19-39)31(25-18-28(37)32-24(21(25)2)10-8-16-42-32)30(22(3)38-29)33(34(40)41)43-35(4,5)6/h11-12,17-18,21,24,33H,7-10,13-16,19H2,1-6H3,(H,40,41)/t21?,24-,33+/m1/s1. The fourth-order valence-electron chi connectivity index (χ4n) is 6.79. The van der Waals surface area contributed by atoms with Crippen LogP contribution in [0.3, 0.4) is 0 Å². The number of carboxylic acids is 1. The molecule has 3 aliphatic rings. The molecule has 0 bridgehead atoms. The normalized spacial score (nSPS) is 21.5. The van der Waals surface area contributed by atoms with Gasteiger partial charge in [-0.1, -0.05) is 19.1 Å². The Bertz CT molecular complexity index is 1460. The second kappa shape index (κ2) is 12.5. The van der Waals surface area contributed by atoms with Crippen molar-refractivity contribution >= 4 is 11.5 Å². The second-order valence-corrected chi connectivity index (χ2v) is 13.3. The Morgan fingerprint density at radius 1 is 1.26 bits per heavy atom. The van der Waals surface area contributed by atoms with Crippen molar-refractivity contribution in [2.45, 2.75) is 91.9 Å². The van der Waals surface area contributed by atoms with Crippen LogP contribution in [-0.2, 0) is 33.7 Å². The maximum Gasteiger partial charge on any atom is 0.337 e. The van der Waals surface area contributed by atoms with Gasteiger partial charge in [-0.3, -0.25) is 9.88 Å². The van der Waals surface area contributed by atoms with Gasteiger partial charge in [0.2, 0.25) is 0 Å². The molecule has 0 radical (unpaired) electrons. The number of carbonyl (C=O) groups is 1. The molecule has 0 spiro atoms. The molecular weight excluding hydrogens is 550 g/mol. The van der Waals surface area contributed by atoms with Crippen molar-refractivity contribution in [2.24, 2.45) is 11.8 Å². The van der Waals surface area contributed by atoms with Gasteiger partial charge in [-0.05, 0) is 113 Å². The molecular formula is C35H44F2N2O4. The highest BCUT2D eigenvalue weighted by molar-refractivity contribution is 5.83. The molecule has 3 heterocycles. The Morgan fingerprint density at radius 3 is 2.72 bits per heavy atom. The lowest BCUT2D eigenvalue weighted by molar-refractivity contribution is -0.160. The van der Waals surface area contributed by atoms with E-state index in [-0.39, 0.29) is 23.5 Å². The first-order valence-electron chi connectivity index (χ1n) is 15.5. The summed E-state index contributed by atoms with van der Waals surface area (Å²) >= 11 is 0. The molecule has 1 saturated heterocycles. The molecule has 1 aromatic carbocycles. The zero-order valence-corrected chi connectivity index (χ0v) is 26.2. The second-order valence-electron chi connectivity index (χ2n) is 13.3. The van der Waals surface area contributed by atoms with Crippen molar-refractivity contribution in [3.8, 4) is 0 Å². The molecule has 1 fully saturated rings. The van der Waals surface area contributed by atoms with Gasteiger partial charge in [-0.2, -0.15) is 0 Å². The van der Waals surface area contributed by atoms with Crippen LogP contribution < -0.4 is 0 Å². The first kappa shape index (κ1) is 31.3. The van der Waals surface area contributed by atoms with E-state index in [2.05, 4.69) is 11.8 Å². The van der Waals surface area contributed by atoms with Gasteiger partial charge < -0.3 is 14.6 Å². The fraction of sp³-hybridized carbons (Fsp3) is 0.543. The lowest BCUT2D eigenvalue weighted by Gasteiger charge is -2.39. The third-order valence-electron chi connectivity index (χ3n) is 8.95. The monoisotopic (exact) mass is 594 g/mol. The number of rotatable bonds is 8. The van der Waals surface area contributed by atoms with Gasteiger partial charge in [0, 0.05) is 42.4 Å². The predicted octanol–water partition coefficient (Wildman–Crippen LogP) is 7.41. The Kier molecular flexibility index (Phi) is 9.10. The maximum absolute atomic E-state index is 15.7. The highest BCUT2D eigenvalue weighted by Gasteiger charge is 2.40. The minimum atomic E-state index is -1.26. The number of aliphatic carboxylic acids is 1. The van der Waals surface area contributed by atoms with E-state index in [0.29, 0.717) is 42.2 Å². The van der Waals surface area contributed by atoms with Crippen molar-refractivity contribution in [2.75, 3.05) is 19.7 Å². The molecule has 1 aliphatic carbocycles. The smallest absolute Gasteiger partial charge is 0.337 e. The summed E-state index contributed by atoms with van der Waals surface area (Å²) in [5.41, 5.74) is 5.41. The molecule has 2 aliphatic heterocycles. The Hall–Kier alpha value is -3.10. The Labute approximate surface area is 253 Å². The van der Waals surface area contributed by atoms with Crippen molar-refractivity contribution in [3.05, 3.63) is 80.9 Å². The van der Waals surface area contributed by atoms with E-state index < -0.39 is 17.7 Å². The van der Waals surface area contributed by atoms with Crippen LogP contribution in [0.25, 0.3) is 5.57 Å². The Balaban J connectivity index is 1.55. The average molecular weight is 595 g/mol. The van der Waals surface area contributed by atoms with E-state index in [4.69, 9.17) is 14.5 Å². The number of carboxylic acid groups (broad SMARTS) is 1. The molecule has 1 unspecified atom stereocenters. The summed E-state index contributed by atoms with van der Waals surface area (Å²) in [6, 6.07) is 5.41. The average Bonchev–Trinajstić information content (AvgIpc) is 2.95. The summed E-state index contributed by atoms with van der Waals surface area (Å²) < 4.78 is 41.7. The number of aryl methyl sites for hydroxylation is 3. The molecule has 2 aromatic rings. The summed E-state index contributed by atoms with van der Waals surface area (Å²) in [5, 5.41) is 10.4. The molecule has 8 heteroatoms. The number of halogens is 2. The number of ether oxygens (including phenoxy) is 2. The van der Waals surface area contributed by atoms with Crippen molar-refractivity contribution in [1.29, 1.82) is 0 Å². The Morgan fingerprint density at radius 2 is 2.02 bits per heavy atom. The summed E-state index contributed by atoms with van der Waals surface area (Å²) in [6.45, 7) is 13.9. The molecule has 1 aromatic heterocycles. The van der Waals surface area contributed by atoms with Crippen LogP contribution in [0.4, 0.5) is 8.78 Å². The number of aromatic nitrogens is 1. The summed E-state index contributed by atoms with van der Waals surface area (Å²) in [6.07, 6.45) is 4.28. The first-order chi connectivity index (χ1) is 20.3. The van der Waals surface area contributed by atoms with Gasteiger partial charge in [-0.25, -0.2) is 13.6 Å². The minimum Gasteiger partial charge on any atom is -0.495 e.